The number of amides is 5. The average molecular weight is 372 g/mol. The van der Waals surface area contributed by atoms with E-state index in [1.807, 2.05) is 25.1 Å². The number of rotatable bonds is 4. The largest absolute Gasteiger partial charge is 0.368 e. The van der Waals surface area contributed by atoms with Gasteiger partial charge in [0.25, 0.3) is 0 Å². The van der Waals surface area contributed by atoms with Gasteiger partial charge in [0.05, 0.1) is 0 Å². The maximum atomic E-state index is 12.6. The Morgan fingerprint density at radius 3 is 2.26 bits per heavy atom. The SMILES string of the molecule is Cc1cccc(N2CCN(C(=O)CN3C(=O)C(=O)N(C(C)C)C3=O)CC2)c1. The third-order valence-corrected chi connectivity index (χ3v) is 4.89. The summed E-state index contributed by atoms with van der Waals surface area (Å²) in [5.41, 5.74) is 2.29. The molecule has 0 N–H and O–H groups in total. The lowest BCUT2D eigenvalue weighted by molar-refractivity contribution is -0.145. The fourth-order valence-electron chi connectivity index (χ4n) is 3.39. The summed E-state index contributed by atoms with van der Waals surface area (Å²) in [5, 5.41) is 0. The Labute approximate surface area is 158 Å². The van der Waals surface area contributed by atoms with Gasteiger partial charge in [-0.25, -0.2) is 9.69 Å². The van der Waals surface area contributed by atoms with Crippen molar-refractivity contribution >= 4 is 29.4 Å². The molecule has 0 unspecified atom stereocenters. The van der Waals surface area contributed by atoms with Gasteiger partial charge in [0.15, 0.2) is 0 Å². The number of benzene rings is 1. The fraction of sp³-hybridized carbons (Fsp3) is 0.474. The lowest BCUT2D eigenvalue weighted by atomic mass is 10.2. The second kappa shape index (κ2) is 7.38. The zero-order chi connectivity index (χ0) is 19.7. The monoisotopic (exact) mass is 372 g/mol. The summed E-state index contributed by atoms with van der Waals surface area (Å²) in [6.07, 6.45) is 0. The average Bonchev–Trinajstić information content (AvgIpc) is 2.85. The maximum absolute atomic E-state index is 12.6. The van der Waals surface area contributed by atoms with Crippen LogP contribution in [0.4, 0.5) is 10.5 Å². The van der Waals surface area contributed by atoms with E-state index in [0.717, 1.165) is 15.5 Å². The molecule has 0 saturated carbocycles. The normalized spacial score (nSPS) is 18.1. The number of hydrogen-bond donors (Lipinski definition) is 0. The molecule has 8 nitrogen and oxygen atoms in total. The number of urea groups is 1. The van der Waals surface area contributed by atoms with E-state index >= 15 is 0 Å². The Morgan fingerprint density at radius 2 is 1.70 bits per heavy atom. The van der Waals surface area contributed by atoms with Crippen LogP contribution in [0.3, 0.4) is 0 Å². The molecule has 2 heterocycles. The molecule has 5 amide bonds. The molecule has 0 bridgehead atoms. The van der Waals surface area contributed by atoms with Crippen molar-refractivity contribution in [3.8, 4) is 0 Å². The second-order valence-corrected chi connectivity index (χ2v) is 7.15. The smallest absolute Gasteiger partial charge is 0.334 e. The highest BCUT2D eigenvalue weighted by Gasteiger charge is 2.46. The predicted molar refractivity (Wildman–Crippen MR) is 99.1 cm³/mol. The molecule has 2 fully saturated rings. The minimum absolute atomic E-state index is 0.320. The first-order chi connectivity index (χ1) is 12.8. The van der Waals surface area contributed by atoms with Crippen LogP contribution in [0.5, 0.6) is 0 Å². The lowest BCUT2D eigenvalue weighted by Crippen LogP contribution is -2.52. The van der Waals surface area contributed by atoms with Crippen molar-refractivity contribution in [3.05, 3.63) is 29.8 Å². The van der Waals surface area contributed by atoms with Crippen LogP contribution in [0.2, 0.25) is 0 Å². The topological polar surface area (TPSA) is 81.2 Å². The highest BCUT2D eigenvalue weighted by atomic mass is 16.2. The minimum atomic E-state index is -0.930. The molecule has 1 aromatic rings. The van der Waals surface area contributed by atoms with Crippen molar-refractivity contribution in [1.29, 1.82) is 0 Å². The second-order valence-electron chi connectivity index (χ2n) is 7.15. The van der Waals surface area contributed by atoms with Crippen LogP contribution < -0.4 is 4.90 Å². The summed E-state index contributed by atoms with van der Waals surface area (Å²) in [4.78, 5) is 54.3. The van der Waals surface area contributed by atoms with E-state index in [1.54, 1.807) is 18.7 Å². The van der Waals surface area contributed by atoms with Crippen molar-refractivity contribution in [2.75, 3.05) is 37.6 Å². The Morgan fingerprint density at radius 1 is 1.04 bits per heavy atom. The number of aryl methyl sites for hydroxylation is 1. The third-order valence-electron chi connectivity index (χ3n) is 4.89. The van der Waals surface area contributed by atoms with Gasteiger partial charge in [-0.15, -0.1) is 0 Å². The summed E-state index contributed by atoms with van der Waals surface area (Å²) in [6.45, 7) is 7.31. The van der Waals surface area contributed by atoms with Gasteiger partial charge in [-0.1, -0.05) is 12.1 Å². The van der Waals surface area contributed by atoms with Crippen LogP contribution in [-0.4, -0.2) is 77.2 Å². The number of imide groups is 2. The van der Waals surface area contributed by atoms with Crippen LogP contribution in [0.25, 0.3) is 0 Å². The van der Waals surface area contributed by atoms with E-state index in [9.17, 15) is 19.2 Å². The number of carbonyl (C=O) groups is 4. The van der Waals surface area contributed by atoms with Crippen molar-refractivity contribution in [2.24, 2.45) is 0 Å². The van der Waals surface area contributed by atoms with E-state index in [2.05, 4.69) is 11.0 Å². The summed E-state index contributed by atoms with van der Waals surface area (Å²) in [7, 11) is 0. The quantitative estimate of drug-likeness (QED) is 0.578. The molecule has 144 valence electrons. The first-order valence-electron chi connectivity index (χ1n) is 9.08. The molecular weight excluding hydrogens is 348 g/mol. The molecule has 27 heavy (non-hydrogen) atoms. The van der Waals surface area contributed by atoms with E-state index < -0.39 is 30.4 Å². The standard InChI is InChI=1S/C19H24N4O4/c1-13(2)23-18(26)17(25)22(19(23)27)12-16(24)21-9-7-20(8-10-21)15-6-4-5-14(3)11-15/h4-6,11,13H,7-10,12H2,1-3H3. The molecule has 3 rings (SSSR count). The van der Waals surface area contributed by atoms with Crippen molar-refractivity contribution in [2.45, 2.75) is 26.8 Å². The van der Waals surface area contributed by atoms with Gasteiger partial charge in [-0.2, -0.15) is 0 Å². The lowest BCUT2D eigenvalue weighted by Gasteiger charge is -2.36. The van der Waals surface area contributed by atoms with E-state index in [0.29, 0.717) is 26.2 Å². The molecule has 8 heteroatoms. The molecule has 0 aromatic heterocycles. The fourth-order valence-corrected chi connectivity index (χ4v) is 3.39. The number of carbonyl (C=O) groups excluding carboxylic acids is 4. The van der Waals surface area contributed by atoms with Crippen LogP contribution in [0.15, 0.2) is 24.3 Å². The summed E-state index contributed by atoms with van der Waals surface area (Å²) in [6, 6.07) is 7.04. The highest BCUT2D eigenvalue weighted by Crippen LogP contribution is 2.19. The minimum Gasteiger partial charge on any atom is -0.368 e. The van der Waals surface area contributed by atoms with Gasteiger partial charge in [0.1, 0.15) is 6.54 Å². The summed E-state index contributed by atoms with van der Waals surface area (Å²) in [5.74, 6) is -2.12. The molecule has 2 saturated heterocycles. The van der Waals surface area contributed by atoms with Crippen LogP contribution >= 0.6 is 0 Å². The zero-order valence-corrected chi connectivity index (χ0v) is 15.8. The van der Waals surface area contributed by atoms with Crippen molar-refractivity contribution < 1.29 is 19.2 Å². The number of anilines is 1. The van der Waals surface area contributed by atoms with E-state index in [1.165, 1.54) is 5.56 Å². The van der Waals surface area contributed by atoms with Gasteiger partial charge >= 0.3 is 17.8 Å². The van der Waals surface area contributed by atoms with Crippen LogP contribution in [0.1, 0.15) is 19.4 Å². The van der Waals surface area contributed by atoms with E-state index in [-0.39, 0.29) is 5.91 Å². The molecule has 0 aliphatic carbocycles. The number of hydrogen-bond acceptors (Lipinski definition) is 5. The van der Waals surface area contributed by atoms with Gasteiger partial charge in [0.2, 0.25) is 5.91 Å². The molecule has 0 atom stereocenters. The molecule has 0 spiro atoms. The molecule has 2 aliphatic heterocycles. The molecular formula is C19H24N4O4. The number of piperazine rings is 1. The van der Waals surface area contributed by atoms with E-state index in [4.69, 9.17) is 0 Å². The Hall–Kier alpha value is -2.90. The van der Waals surface area contributed by atoms with Gasteiger partial charge < -0.3 is 9.80 Å². The third kappa shape index (κ3) is 3.65. The Kier molecular flexibility index (Phi) is 5.16. The Balaban J connectivity index is 1.59. The number of nitrogens with zero attached hydrogens (tertiary/aromatic N) is 4. The summed E-state index contributed by atoms with van der Waals surface area (Å²) >= 11 is 0. The van der Waals surface area contributed by atoms with Gasteiger partial charge in [-0.05, 0) is 38.5 Å². The van der Waals surface area contributed by atoms with Crippen molar-refractivity contribution in [3.63, 3.8) is 0 Å². The summed E-state index contributed by atoms with van der Waals surface area (Å²) < 4.78 is 0. The van der Waals surface area contributed by atoms with Gasteiger partial charge in [0, 0.05) is 37.9 Å². The maximum Gasteiger partial charge on any atom is 0.334 e. The van der Waals surface area contributed by atoms with Crippen LogP contribution in [-0.2, 0) is 14.4 Å². The first kappa shape index (κ1) is 18.9. The zero-order valence-electron chi connectivity index (χ0n) is 15.8. The first-order valence-corrected chi connectivity index (χ1v) is 9.08. The molecule has 1 aromatic carbocycles. The van der Waals surface area contributed by atoms with Gasteiger partial charge in [-0.3, -0.25) is 19.3 Å². The molecule has 0 radical (unpaired) electrons. The van der Waals surface area contributed by atoms with Crippen molar-refractivity contribution in [1.82, 2.24) is 14.7 Å². The van der Waals surface area contributed by atoms with Crippen LogP contribution in [0, 0.1) is 6.92 Å². The Bertz CT molecular complexity index is 784. The predicted octanol–water partition coefficient (Wildman–Crippen LogP) is 0.843. The highest BCUT2D eigenvalue weighted by molar-refractivity contribution is 6.45. The molecule has 2 aliphatic rings.